The molecule has 0 aliphatic rings. The van der Waals surface area contributed by atoms with Crippen molar-refractivity contribution >= 4 is 34.7 Å². The summed E-state index contributed by atoms with van der Waals surface area (Å²) in [5.41, 5.74) is 2.69. The van der Waals surface area contributed by atoms with Gasteiger partial charge in [0.15, 0.2) is 5.78 Å². The Balaban J connectivity index is 1.80. The summed E-state index contributed by atoms with van der Waals surface area (Å²) in [6.07, 6.45) is 1.49. The van der Waals surface area contributed by atoms with Gasteiger partial charge in [-0.3, -0.25) is 14.6 Å². The third kappa shape index (κ3) is 4.84. The summed E-state index contributed by atoms with van der Waals surface area (Å²) in [7, 11) is 1.31. The van der Waals surface area contributed by atoms with E-state index in [1.54, 1.807) is 60.7 Å². The number of aromatic nitrogens is 1. The lowest BCUT2D eigenvalue weighted by Gasteiger charge is -2.11. The van der Waals surface area contributed by atoms with E-state index in [1.165, 1.54) is 20.2 Å². The summed E-state index contributed by atoms with van der Waals surface area (Å²) in [6.45, 7) is 1.46. The minimum atomic E-state index is -0.467. The minimum absolute atomic E-state index is 0.0882. The molecule has 0 bridgehead atoms. The predicted octanol–water partition coefficient (Wildman–Crippen LogP) is 4.07. The summed E-state index contributed by atoms with van der Waals surface area (Å²) in [6, 6.07) is 16.8. The highest BCUT2D eigenvalue weighted by Gasteiger charge is 2.13. The van der Waals surface area contributed by atoms with E-state index in [1.807, 2.05) is 0 Å². The Morgan fingerprint density at radius 2 is 1.72 bits per heavy atom. The van der Waals surface area contributed by atoms with Crippen molar-refractivity contribution < 1.29 is 19.1 Å². The molecule has 1 heterocycles. The van der Waals surface area contributed by atoms with E-state index in [4.69, 9.17) is 4.74 Å². The van der Waals surface area contributed by atoms with Gasteiger partial charge in [0.1, 0.15) is 5.69 Å². The monoisotopic (exact) mass is 389 g/mol. The number of carbonyl (C=O) groups is 3. The second-order valence-corrected chi connectivity index (χ2v) is 6.18. The average Bonchev–Trinajstić information content (AvgIpc) is 2.74. The fraction of sp³-hybridized carbons (Fsp3) is 0.0909. The Morgan fingerprint density at radius 1 is 0.931 bits per heavy atom. The van der Waals surface area contributed by atoms with Crippen LogP contribution in [0.1, 0.15) is 38.1 Å². The molecule has 146 valence electrons. The van der Waals surface area contributed by atoms with E-state index in [0.29, 0.717) is 28.2 Å². The normalized spacial score (nSPS) is 10.1. The number of hydrogen-bond donors (Lipinski definition) is 2. The highest BCUT2D eigenvalue weighted by atomic mass is 16.5. The van der Waals surface area contributed by atoms with Crippen LogP contribution >= 0.6 is 0 Å². The number of methoxy groups -OCH3 is 1. The number of ketones is 1. The number of ether oxygens (including phenoxy) is 1. The SMILES string of the molecule is COC(=O)c1ccccc1Nc1ccnc(C(=O)Nc2cccc(C(C)=O)c2)c1. The number of esters is 1. The molecule has 0 unspecified atom stereocenters. The summed E-state index contributed by atoms with van der Waals surface area (Å²) in [5.74, 6) is -0.976. The molecule has 0 atom stereocenters. The van der Waals surface area contributed by atoms with Gasteiger partial charge in [0.25, 0.3) is 5.91 Å². The Labute approximate surface area is 167 Å². The zero-order chi connectivity index (χ0) is 20.8. The van der Waals surface area contributed by atoms with Crippen molar-refractivity contribution in [3.8, 4) is 0 Å². The first-order valence-electron chi connectivity index (χ1n) is 8.80. The smallest absolute Gasteiger partial charge is 0.339 e. The molecule has 0 fully saturated rings. The predicted molar refractivity (Wildman–Crippen MR) is 110 cm³/mol. The lowest BCUT2D eigenvalue weighted by atomic mass is 10.1. The van der Waals surface area contributed by atoms with Crippen LogP contribution in [0, 0.1) is 0 Å². The standard InChI is InChI=1S/C22H19N3O4/c1-14(26)15-6-5-7-16(12-15)25-21(27)20-13-17(10-11-23-20)24-19-9-4-3-8-18(19)22(28)29-2/h3-13H,1-2H3,(H,23,24)(H,25,27). The van der Waals surface area contributed by atoms with E-state index in [-0.39, 0.29) is 11.5 Å². The van der Waals surface area contributed by atoms with Crippen molar-refractivity contribution in [2.45, 2.75) is 6.92 Å². The number of carbonyl (C=O) groups excluding carboxylic acids is 3. The molecule has 2 aromatic carbocycles. The van der Waals surface area contributed by atoms with Crippen LogP contribution in [-0.4, -0.2) is 29.8 Å². The third-order valence-electron chi connectivity index (χ3n) is 4.13. The fourth-order valence-electron chi connectivity index (χ4n) is 2.68. The first-order chi connectivity index (χ1) is 14.0. The Kier molecular flexibility index (Phi) is 5.99. The molecule has 0 aliphatic heterocycles. The van der Waals surface area contributed by atoms with E-state index in [0.717, 1.165) is 0 Å². The van der Waals surface area contributed by atoms with E-state index in [9.17, 15) is 14.4 Å². The van der Waals surface area contributed by atoms with Crippen LogP contribution < -0.4 is 10.6 Å². The molecule has 3 rings (SSSR count). The molecule has 29 heavy (non-hydrogen) atoms. The number of anilines is 3. The van der Waals surface area contributed by atoms with Gasteiger partial charge in [-0.2, -0.15) is 0 Å². The number of benzene rings is 2. The molecule has 7 nitrogen and oxygen atoms in total. The van der Waals surface area contributed by atoms with Gasteiger partial charge in [0.05, 0.1) is 18.4 Å². The Bertz CT molecular complexity index is 1080. The number of rotatable bonds is 6. The van der Waals surface area contributed by atoms with Crippen molar-refractivity contribution in [1.82, 2.24) is 4.98 Å². The van der Waals surface area contributed by atoms with Gasteiger partial charge in [-0.1, -0.05) is 24.3 Å². The van der Waals surface area contributed by atoms with E-state index >= 15 is 0 Å². The maximum Gasteiger partial charge on any atom is 0.339 e. The van der Waals surface area contributed by atoms with E-state index in [2.05, 4.69) is 15.6 Å². The molecule has 7 heteroatoms. The van der Waals surface area contributed by atoms with Gasteiger partial charge in [0, 0.05) is 23.1 Å². The maximum absolute atomic E-state index is 12.6. The molecule has 3 aromatic rings. The first kappa shape index (κ1) is 19.8. The van der Waals surface area contributed by atoms with Crippen LogP contribution in [0.2, 0.25) is 0 Å². The van der Waals surface area contributed by atoms with E-state index < -0.39 is 11.9 Å². The molecule has 0 saturated heterocycles. The van der Waals surface area contributed by atoms with Gasteiger partial charge >= 0.3 is 5.97 Å². The second-order valence-electron chi connectivity index (χ2n) is 6.18. The van der Waals surface area contributed by atoms with Gasteiger partial charge < -0.3 is 15.4 Å². The third-order valence-corrected chi connectivity index (χ3v) is 4.13. The highest BCUT2D eigenvalue weighted by molar-refractivity contribution is 6.04. The Hall–Kier alpha value is -4.00. The number of amides is 1. The molecule has 1 aromatic heterocycles. The largest absolute Gasteiger partial charge is 0.465 e. The van der Waals surface area contributed by atoms with Gasteiger partial charge in [0.2, 0.25) is 0 Å². The Morgan fingerprint density at radius 3 is 2.48 bits per heavy atom. The van der Waals surface area contributed by atoms with Crippen LogP contribution in [0.25, 0.3) is 0 Å². The molecule has 2 N–H and O–H groups in total. The molecular weight excluding hydrogens is 370 g/mol. The molecular formula is C22H19N3O4. The molecule has 0 spiro atoms. The van der Waals surface area contributed by atoms with Gasteiger partial charge in [-0.05, 0) is 43.3 Å². The molecule has 1 amide bonds. The average molecular weight is 389 g/mol. The summed E-state index contributed by atoms with van der Waals surface area (Å²) in [4.78, 5) is 40.1. The zero-order valence-corrected chi connectivity index (χ0v) is 15.9. The number of Topliss-reactive ketones (excluding diaryl/α,β-unsaturated/α-hetero) is 1. The highest BCUT2D eigenvalue weighted by Crippen LogP contribution is 2.22. The number of hydrogen-bond acceptors (Lipinski definition) is 6. The summed E-state index contributed by atoms with van der Waals surface area (Å²) < 4.78 is 4.79. The van der Waals surface area contributed by atoms with Crippen LogP contribution in [0.15, 0.2) is 66.9 Å². The van der Waals surface area contributed by atoms with Crippen molar-refractivity contribution in [1.29, 1.82) is 0 Å². The number of pyridine rings is 1. The first-order valence-corrected chi connectivity index (χ1v) is 8.80. The second kappa shape index (κ2) is 8.79. The lowest BCUT2D eigenvalue weighted by Crippen LogP contribution is -2.14. The van der Waals surface area contributed by atoms with Crippen LogP contribution in [0.3, 0.4) is 0 Å². The van der Waals surface area contributed by atoms with Crippen molar-refractivity contribution in [2.24, 2.45) is 0 Å². The van der Waals surface area contributed by atoms with Crippen LogP contribution in [0.4, 0.5) is 17.1 Å². The van der Waals surface area contributed by atoms with Gasteiger partial charge in [-0.15, -0.1) is 0 Å². The fourth-order valence-corrected chi connectivity index (χ4v) is 2.68. The number of para-hydroxylation sites is 1. The van der Waals surface area contributed by atoms with Crippen LogP contribution in [0.5, 0.6) is 0 Å². The topological polar surface area (TPSA) is 97.4 Å². The van der Waals surface area contributed by atoms with Gasteiger partial charge in [-0.25, -0.2) is 4.79 Å². The van der Waals surface area contributed by atoms with Crippen LogP contribution in [-0.2, 0) is 4.74 Å². The molecule has 0 saturated carbocycles. The van der Waals surface area contributed by atoms with Crippen molar-refractivity contribution in [2.75, 3.05) is 17.7 Å². The lowest BCUT2D eigenvalue weighted by molar-refractivity contribution is 0.0601. The summed E-state index contributed by atoms with van der Waals surface area (Å²) in [5, 5.41) is 5.83. The summed E-state index contributed by atoms with van der Waals surface area (Å²) >= 11 is 0. The maximum atomic E-state index is 12.6. The number of nitrogens with zero attached hydrogens (tertiary/aromatic N) is 1. The quantitative estimate of drug-likeness (QED) is 0.487. The number of nitrogens with one attached hydrogen (secondary N) is 2. The zero-order valence-electron chi connectivity index (χ0n) is 15.9. The van der Waals surface area contributed by atoms with Crippen molar-refractivity contribution in [3.63, 3.8) is 0 Å². The molecule has 0 aliphatic carbocycles. The minimum Gasteiger partial charge on any atom is -0.465 e. The van der Waals surface area contributed by atoms with Crippen molar-refractivity contribution in [3.05, 3.63) is 83.7 Å². The molecule has 0 radical (unpaired) electrons.